The lowest BCUT2D eigenvalue weighted by Crippen LogP contribution is -2.38. The first kappa shape index (κ1) is 22.4. The van der Waals surface area contributed by atoms with Crippen molar-refractivity contribution >= 4 is 40.5 Å². The van der Waals surface area contributed by atoms with Crippen LogP contribution in [0.2, 0.25) is 10.0 Å². The maximum absolute atomic E-state index is 6.53. The van der Waals surface area contributed by atoms with Gasteiger partial charge in [0.05, 0.1) is 25.6 Å². The fraction of sp³-hybridized carbons (Fsp3) is 0.318. The molecule has 0 amide bonds. The van der Waals surface area contributed by atoms with Crippen molar-refractivity contribution in [1.82, 2.24) is 20.3 Å². The summed E-state index contributed by atoms with van der Waals surface area (Å²) in [7, 11) is 3.06. The first-order valence-electron chi connectivity index (χ1n) is 10.2. The predicted octanol–water partition coefficient (Wildman–Crippen LogP) is 4.77. The molecule has 1 aliphatic heterocycles. The summed E-state index contributed by atoms with van der Waals surface area (Å²) in [5.74, 6) is 2.17. The van der Waals surface area contributed by atoms with Gasteiger partial charge in [0.25, 0.3) is 0 Å². The van der Waals surface area contributed by atoms with Crippen molar-refractivity contribution in [2.75, 3.05) is 37.9 Å². The van der Waals surface area contributed by atoms with Gasteiger partial charge in [0, 0.05) is 36.5 Å². The Hall–Kier alpha value is -2.81. The van der Waals surface area contributed by atoms with Crippen LogP contribution < -0.4 is 25.4 Å². The number of aromatic nitrogens is 3. The quantitative estimate of drug-likeness (QED) is 0.450. The number of rotatable bonds is 7. The number of nitrogens with one attached hydrogen (secondary N) is 3. The van der Waals surface area contributed by atoms with E-state index in [1.54, 1.807) is 18.6 Å². The van der Waals surface area contributed by atoms with Gasteiger partial charge in [0.1, 0.15) is 39.5 Å². The summed E-state index contributed by atoms with van der Waals surface area (Å²) in [6, 6.07) is 7.64. The van der Waals surface area contributed by atoms with Gasteiger partial charge < -0.3 is 25.4 Å². The number of nitrogens with zero attached hydrogens (tertiary/aromatic N) is 3. The van der Waals surface area contributed by atoms with E-state index >= 15 is 0 Å². The molecule has 1 atom stereocenters. The molecule has 1 unspecified atom stereocenters. The molecule has 3 aromatic rings. The first-order valence-corrected chi connectivity index (χ1v) is 11.0. The highest BCUT2D eigenvalue weighted by molar-refractivity contribution is 6.41. The molecule has 168 valence electrons. The standard InChI is InChI=1S/C22H24Cl2N6O2/c1-31-16-10-17(32-2)20(24)21(19(16)23)30-22-14(6-4-8-26-22)15-9-18(28-12-27-15)29-13-5-3-7-25-11-13/h4,6,8-10,12-13,25H,3,5,7,11H2,1-2H3,(H,26,30)(H,27,28,29). The third-order valence-corrected chi connectivity index (χ3v) is 5.97. The summed E-state index contributed by atoms with van der Waals surface area (Å²) < 4.78 is 10.7. The van der Waals surface area contributed by atoms with Crippen LogP contribution in [0.1, 0.15) is 12.8 Å². The summed E-state index contributed by atoms with van der Waals surface area (Å²) in [6.07, 6.45) is 5.46. The van der Waals surface area contributed by atoms with Gasteiger partial charge >= 0.3 is 0 Å². The molecule has 0 aliphatic carbocycles. The molecule has 10 heteroatoms. The Bertz CT molecular complexity index is 1060. The molecule has 1 aromatic carbocycles. The van der Waals surface area contributed by atoms with Crippen LogP contribution in [-0.2, 0) is 0 Å². The number of benzene rings is 1. The van der Waals surface area contributed by atoms with Crippen molar-refractivity contribution in [3.05, 3.63) is 46.8 Å². The lowest BCUT2D eigenvalue weighted by Gasteiger charge is -2.24. The van der Waals surface area contributed by atoms with Crippen LogP contribution in [0.25, 0.3) is 11.3 Å². The molecule has 3 heterocycles. The molecule has 2 aromatic heterocycles. The molecule has 32 heavy (non-hydrogen) atoms. The van der Waals surface area contributed by atoms with Gasteiger partial charge in [0.2, 0.25) is 0 Å². The fourth-order valence-corrected chi connectivity index (χ4v) is 4.19. The van der Waals surface area contributed by atoms with E-state index in [4.69, 9.17) is 32.7 Å². The van der Waals surface area contributed by atoms with Crippen LogP contribution in [0, 0.1) is 0 Å². The van der Waals surface area contributed by atoms with Crippen molar-refractivity contribution in [2.24, 2.45) is 0 Å². The topological polar surface area (TPSA) is 93.2 Å². The van der Waals surface area contributed by atoms with Crippen molar-refractivity contribution in [1.29, 1.82) is 0 Å². The minimum absolute atomic E-state index is 0.324. The maximum Gasteiger partial charge on any atom is 0.143 e. The molecular weight excluding hydrogens is 451 g/mol. The van der Waals surface area contributed by atoms with Crippen molar-refractivity contribution in [3.8, 4) is 22.8 Å². The Morgan fingerprint density at radius 1 is 1.06 bits per heavy atom. The largest absolute Gasteiger partial charge is 0.495 e. The van der Waals surface area contributed by atoms with E-state index in [2.05, 4.69) is 30.9 Å². The Morgan fingerprint density at radius 2 is 1.84 bits per heavy atom. The zero-order valence-electron chi connectivity index (χ0n) is 17.8. The average Bonchev–Trinajstić information content (AvgIpc) is 2.83. The van der Waals surface area contributed by atoms with E-state index in [1.165, 1.54) is 14.2 Å². The number of piperidine rings is 1. The maximum atomic E-state index is 6.53. The monoisotopic (exact) mass is 474 g/mol. The van der Waals surface area contributed by atoms with Gasteiger partial charge in [-0.2, -0.15) is 0 Å². The van der Waals surface area contributed by atoms with E-state index < -0.39 is 0 Å². The average molecular weight is 475 g/mol. The van der Waals surface area contributed by atoms with E-state index in [9.17, 15) is 0 Å². The van der Waals surface area contributed by atoms with E-state index in [0.717, 1.165) is 37.3 Å². The summed E-state index contributed by atoms with van der Waals surface area (Å²) in [6.45, 7) is 1.96. The van der Waals surface area contributed by atoms with Crippen LogP contribution in [0.5, 0.6) is 11.5 Å². The van der Waals surface area contributed by atoms with Gasteiger partial charge in [-0.3, -0.25) is 0 Å². The molecule has 4 rings (SSSR count). The number of ether oxygens (including phenoxy) is 2. The smallest absolute Gasteiger partial charge is 0.143 e. The Kier molecular flexibility index (Phi) is 7.14. The molecule has 0 saturated carbocycles. The second-order valence-corrected chi connectivity index (χ2v) is 8.04. The number of hydrogen-bond acceptors (Lipinski definition) is 8. The molecular formula is C22H24Cl2N6O2. The van der Waals surface area contributed by atoms with E-state index in [-0.39, 0.29) is 0 Å². The molecule has 1 fully saturated rings. The summed E-state index contributed by atoms with van der Waals surface area (Å²) in [4.78, 5) is 13.3. The molecule has 0 bridgehead atoms. The van der Waals surface area contributed by atoms with Crippen molar-refractivity contribution in [3.63, 3.8) is 0 Å². The molecule has 1 saturated heterocycles. The van der Waals surface area contributed by atoms with Crippen LogP contribution in [-0.4, -0.2) is 48.3 Å². The predicted molar refractivity (Wildman–Crippen MR) is 128 cm³/mol. The van der Waals surface area contributed by atoms with Gasteiger partial charge in [-0.1, -0.05) is 23.2 Å². The molecule has 3 N–H and O–H groups in total. The van der Waals surface area contributed by atoms with Gasteiger partial charge in [-0.05, 0) is 31.5 Å². The lowest BCUT2D eigenvalue weighted by atomic mass is 10.1. The number of methoxy groups -OCH3 is 2. The summed E-state index contributed by atoms with van der Waals surface area (Å²) in [5, 5.41) is 10.8. The Labute approximate surface area is 196 Å². The van der Waals surface area contributed by atoms with E-state index in [1.807, 2.05) is 18.2 Å². The second kappa shape index (κ2) is 10.2. The third kappa shape index (κ3) is 4.82. The van der Waals surface area contributed by atoms with Gasteiger partial charge in [-0.25, -0.2) is 15.0 Å². The van der Waals surface area contributed by atoms with Crippen LogP contribution in [0.15, 0.2) is 36.8 Å². The minimum atomic E-state index is 0.324. The summed E-state index contributed by atoms with van der Waals surface area (Å²) in [5.41, 5.74) is 1.92. The van der Waals surface area contributed by atoms with Gasteiger partial charge in [-0.15, -0.1) is 0 Å². The minimum Gasteiger partial charge on any atom is -0.495 e. The first-order chi connectivity index (χ1) is 15.6. The highest BCUT2D eigenvalue weighted by Crippen LogP contribution is 2.45. The second-order valence-electron chi connectivity index (χ2n) is 7.28. The number of hydrogen-bond donors (Lipinski definition) is 3. The number of pyridine rings is 1. The molecule has 8 nitrogen and oxygen atoms in total. The normalized spacial score (nSPS) is 15.8. The third-order valence-electron chi connectivity index (χ3n) is 5.22. The zero-order valence-corrected chi connectivity index (χ0v) is 19.3. The molecule has 1 aliphatic rings. The summed E-state index contributed by atoms with van der Waals surface area (Å²) >= 11 is 13.1. The highest BCUT2D eigenvalue weighted by atomic mass is 35.5. The van der Waals surface area contributed by atoms with Crippen molar-refractivity contribution < 1.29 is 9.47 Å². The van der Waals surface area contributed by atoms with Crippen LogP contribution >= 0.6 is 23.2 Å². The number of halogens is 2. The van der Waals surface area contributed by atoms with Crippen LogP contribution in [0.3, 0.4) is 0 Å². The fourth-order valence-electron chi connectivity index (χ4n) is 3.59. The SMILES string of the molecule is COc1cc(OC)c(Cl)c(Nc2ncccc2-c2cc(NC3CCCNC3)ncn2)c1Cl. The Morgan fingerprint density at radius 3 is 2.53 bits per heavy atom. The van der Waals surface area contributed by atoms with Crippen LogP contribution in [0.4, 0.5) is 17.3 Å². The van der Waals surface area contributed by atoms with Crippen molar-refractivity contribution in [2.45, 2.75) is 18.9 Å². The van der Waals surface area contributed by atoms with E-state index in [0.29, 0.717) is 44.8 Å². The number of anilines is 3. The van der Waals surface area contributed by atoms with Gasteiger partial charge in [0.15, 0.2) is 0 Å². The molecule has 0 radical (unpaired) electrons. The zero-order chi connectivity index (χ0) is 22.5. The molecule has 0 spiro atoms. The lowest BCUT2D eigenvalue weighted by molar-refractivity contribution is 0.395. The highest BCUT2D eigenvalue weighted by Gasteiger charge is 2.20. The Balaban J connectivity index is 1.67.